The Balaban J connectivity index is 2.12. The predicted octanol–water partition coefficient (Wildman–Crippen LogP) is 1.54. The number of hydrogen-bond donors (Lipinski definition) is 1. The monoisotopic (exact) mass is 206 g/mol. The third kappa shape index (κ3) is 2.03. The van der Waals surface area contributed by atoms with Gasteiger partial charge in [-0.15, -0.1) is 0 Å². The largest absolute Gasteiger partial charge is 0.447 e. The average Bonchev–Trinajstić information content (AvgIpc) is 2.71. The Kier molecular flexibility index (Phi) is 2.26. The van der Waals surface area contributed by atoms with E-state index in [0.29, 0.717) is 6.61 Å². The molecule has 0 aromatic carbocycles. The van der Waals surface area contributed by atoms with E-state index in [1.165, 1.54) is 0 Å². The standard InChI is InChI=1S/C11H14N2O2/c1-11(8-15-10(14)12-11)6-5-9-4-3-7-13(9)2/h3-7H,8H2,1-2H3,(H,12,14). The van der Waals surface area contributed by atoms with Crippen LogP contribution in [-0.2, 0) is 11.8 Å². The number of nitrogens with zero attached hydrogens (tertiary/aromatic N) is 1. The average molecular weight is 206 g/mol. The highest BCUT2D eigenvalue weighted by Crippen LogP contribution is 2.15. The third-order valence-electron chi connectivity index (χ3n) is 2.50. The number of alkyl carbamates (subject to hydrolysis) is 1. The highest BCUT2D eigenvalue weighted by atomic mass is 16.6. The lowest BCUT2D eigenvalue weighted by Gasteiger charge is -2.15. The first-order chi connectivity index (χ1) is 7.09. The van der Waals surface area contributed by atoms with Crippen molar-refractivity contribution in [1.82, 2.24) is 9.88 Å². The Morgan fingerprint density at radius 1 is 1.67 bits per heavy atom. The molecule has 1 aliphatic heterocycles. The van der Waals surface area contributed by atoms with Gasteiger partial charge in [0, 0.05) is 18.9 Å². The van der Waals surface area contributed by atoms with Crippen LogP contribution in [0.4, 0.5) is 4.79 Å². The fraction of sp³-hybridized carbons (Fsp3) is 0.364. The van der Waals surface area contributed by atoms with E-state index in [0.717, 1.165) is 5.69 Å². The zero-order valence-corrected chi connectivity index (χ0v) is 8.86. The van der Waals surface area contributed by atoms with E-state index in [1.807, 2.05) is 49.0 Å². The third-order valence-corrected chi connectivity index (χ3v) is 2.50. The lowest BCUT2D eigenvalue weighted by atomic mass is 10.0. The van der Waals surface area contributed by atoms with Gasteiger partial charge in [0.15, 0.2) is 0 Å². The number of amides is 1. The van der Waals surface area contributed by atoms with Crippen molar-refractivity contribution in [3.8, 4) is 0 Å². The molecule has 2 rings (SSSR count). The molecule has 1 saturated heterocycles. The van der Waals surface area contributed by atoms with Gasteiger partial charge in [-0.3, -0.25) is 0 Å². The Morgan fingerprint density at radius 2 is 2.47 bits per heavy atom. The van der Waals surface area contributed by atoms with Crippen molar-refractivity contribution >= 4 is 12.2 Å². The first-order valence-corrected chi connectivity index (χ1v) is 4.85. The molecule has 1 N–H and O–H groups in total. The van der Waals surface area contributed by atoms with Crippen LogP contribution in [0.3, 0.4) is 0 Å². The molecule has 1 aromatic heterocycles. The van der Waals surface area contributed by atoms with Gasteiger partial charge in [-0.2, -0.15) is 0 Å². The quantitative estimate of drug-likeness (QED) is 0.797. The Morgan fingerprint density at radius 3 is 3.00 bits per heavy atom. The number of hydrogen-bond acceptors (Lipinski definition) is 2. The molecule has 4 nitrogen and oxygen atoms in total. The lowest BCUT2D eigenvalue weighted by Crippen LogP contribution is -2.37. The summed E-state index contributed by atoms with van der Waals surface area (Å²) in [5.74, 6) is 0. The van der Waals surface area contributed by atoms with Crippen molar-refractivity contribution in [1.29, 1.82) is 0 Å². The molecule has 1 unspecified atom stereocenters. The maximum atomic E-state index is 10.9. The van der Waals surface area contributed by atoms with Gasteiger partial charge in [0.2, 0.25) is 0 Å². The summed E-state index contributed by atoms with van der Waals surface area (Å²) < 4.78 is 6.87. The van der Waals surface area contributed by atoms with E-state index in [2.05, 4.69) is 5.32 Å². The zero-order valence-electron chi connectivity index (χ0n) is 8.86. The Bertz CT molecular complexity index is 408. The van der Waals surface area contributed by atoms with Crippen molar-refractivity contribution in [3.05, 3.63) is 30.1 Å². The number of ether oxygens (including phenoxy) is 1. The molecule has 15 heavy (non-hydrogen) atoms. The number of aromatic nitrogens is 1. The first kappa shape index (κ1) is 9.83. The van der Waals surface area contributed by atoms with Gasteiger partial charge in [-0.05, 0) is 25.1 Å². The SMILES string of the molecule is Cn1cccc1C=CC1(C)COC(=O)N1. The lowest BCUT2D eigenvalue weighted by molar-refractivity contribution is 0.175. The van der Waals surface area contributed by atoms with E-state index >= 15 is 0 Å². The molecule has 0 saturated carbocycles. The van der Waals surface area contributed by atoms with Gasteiger partial charge in [0.1, 0.15) is 6.61 Å². The smallest absolute Gasteiger partial charge is 0.408 e. The van der Waals surface area contributed by atoms with E-state index in [4.69, 9.17) is 4.74 Å². The summed E-state index contributed by atoms with van der Waals surface area (Å²) in [7, 11) is 1.98. The van der Waals surface area contributed by atoms with E-state index in [1.54, 1.807) is 0 Å². The molecular formula is C11H14N2O2. The summed E-state index contributed by atoms with van der Waals surface area (Å²) in [5.41, 5.74) is 0.707. The van der Waals surface area contributed by atoms with Crippen LogP contribution in [0.25, 0.3) is 6.08 Å². The van der Waals surface area contributed by atoms with Crippen molar-refractivity contribution in [2.24, 2.45) is 7.05 Å². The van der Waals surface area contributed by atoms with Gasteiger partial charge < -0.3 is 14.6 Å². The summed E-state index contributed by atoms with van der Waals surface area (Å²) in [6.07, 6.45) is 5.56. The number of cyclic esters (lactones) is 1. The maximum absolute atomic E-state index is 10.9. The molecule has 1 aromatic rings. The van der Waals surface area contributed by atoms with Gasteiger partial charge in [0.25, 0.3) is 0 Å². The molecule has 2 heterocycles. The summed E-state index contributed by atoms with van der Waals surface area (Å²) in [5, 5.41) is 2.75. The molecule has 1 fully saturated rings. The Labute approximate surface area is 88.5 Å². The van der Waals surface area contributed by atoms with Crippen LogP contribution < -0.4 is 5.32 Å². The fourth-order valence-corrected chi connectivity index (χ4v) is 1.53. The summed E-state index contributed by atoms with van der Waals surface area (Å²) in [4.78, 5) is 10.9. The minimum Gasteiger partial charge on any atom is -0.447 e. The van der Waals surface area contributed by atoms with Crippen LogP contribution in [0.5, 0.6) is 0 Å². The second-order valence-electron chi connectivity index (χ2n) is 4.00. The second-order valence-corrected chi connectivity index (χ2v) is 4.00. The number of rotatable bonds is 2. The van der Waals surface area contributed by atoms with Gasteiger partial charge >= 0.3 is 6.09 Å². The van der Waals surface area contributed by atoms with Crippen LogP contribution >= 0.6 is 0 Å². The molecular weight excluding hydrogens is 192 g/mol. The van der Waals surface area contributed by atoms with Crippen LogP contribution in [0.15, 0.2) is 24.4 Å². The second kappa shape index (κ2) is 3.46. The van der Waals surface area contributed by atoms with Gasteiger partial charge in [0.05, 0.1) is 5.54 Å². The van der Waals surface area contributed by atoms with Crippen molar-refractivity contribution in [3.63, 3.8) is 0 Å². The van der Waals surface area contributed by atoms with Gasteiger partial charge in [-0.25, -0.2) is 4.79 Å². The number of aryl methyl sites for hydroxylation is 1. The highest BCUT2D eigenvalue weighted by Gasteiger charge is 2.32. The summed E-state index contributed by atoms with van der Waals surface area (Å²) >= 11 is 0. The molecule has 80 valence electrons. The number of carbonyl (C=O) groups is 1. The van der Waals surface area contributed by atoms with Crippen molar-refractivity contribution in [2.45, 2.75) is 12.5 Å². The minimum atomic E-state index is -0.388. The molecule has 0 spiro atoms. The van der Waals surface area contributed by atoms with Gasteiger partial charge in [-0.1, -0.05) is 6.08 Å². The van der Waals surface area contributed by atoms with Crippen LogP contribution in [0.2, 0.25) is 0 Å². The molecule has 1 atom stereocenters. The number of carbonyl (C=O) groups excluding carboxylic acids is 1. The topological polar surface area (TPSA) is 43.3 Å². The highest BCUT2D eigenvalue weighted by molar-refractivity contribution is 5.71. The number of nitrogens with one attached hydrogen (secondary N) is 1. The summed E-state index contributed by atoms with van der Waals surface area (Å²) in [6.45, 7) is 2.31. The molecule has 0 radical (unpaired) electrons. The first-order valence-electron chi connectivity index (χ1n) is 4.85. The Hall–Kier alpha value is -1.71. The summed E-state index contributed by atoms with van der Waals surface area (Å²) in [6, 6.07) is 3.99. The zero-order chi connectivity index (χ0) is 10.9. The molecule has 1 amide bonds. The predicted molar refractivity (Wildman–Crippen MR) is 57.3 cm³/mol. The fourth-order valence-electron chi connectivity index (χ4n) is 1.53. The van der Waals surface area contributed by atoms with E-state index in [-0.39, 0.29) is 11.6 Å². The maximum Gasteiger partial charge on any atom is 0.408 e. The van der Waals surface area contributed by atoms with Crippen molar-refractivity contribution < 1.29 is 9.53 Å². The van der Waals surface area contributed by atoms with E-state index in [9.17, 15) is 4.79 Å². The molecule has 0 aliphatic carbocycles. The van der Waals surface area contributed by atoms with Crippen molar-refractivity contribution in [2.75, 3.05) is 6.61 Å². The normalized spacial score (nSPS) is 25.6. The van der Waals surface area contributed by atoms with E-state index < -0.39 is 0 Å². The molecule has 4 heteroatoms. The molecule has 0 bridgehead atoms. The minimum absolute atomic E-state index is 0.353. The van der Waals surface area contributed by atoms with Crippen LogP contribution in [0, 0.1) is 0 Å². The van der Waals surface area contributed by atoms with Crippen LogP contribution in [-0.4, -0.2) is 22.8 Å². The van der Waals surface area contributed by atoms with Crippen LogP contribution in [0.1, 0.15) is 12.6 Å². The molecule has 1 aliphatic rings.